The molecule has 0 aliphatic heterocycles. The van der Waals surface area contributed by atoms with Crippen LogP contribution in [-0.2, 0) is 9.59 Å². The molecule has 0 bridgehead atoms. The molecule has 4 fully saturated rings. The van der Waals surface area contributed by atoms with E-state index in [0.717, 1.165) is 51.4 Å². The summed E-state index contributed by atoms with van der Waals surface area (Å²) in [5.74, 6) is 1.59. The van der Waals surface area contributed by atoms with E-state index in [1.165, 1.54) is 0 Å². The lowest BCUT2D eigenvalue weighted by Gasteiger charge is -2.61. The van der Waals surface area contributed by atoms with E-state index in [-0.39, 0.29) is 29.5 Å². The summed E-state index contributed by atoms with van der Waals surface area (Å²) >= 11 is 0. The number of hydrogen-bond donors (Lipinski definition) is 1. The molecule has 3 heteroatoms. The molecule has 23 heavy (non-hydrogen) atoms. The number of ketones is 2. The van der Waals surface area contributed by atoms with Gasteiger partial charge in [0.05, 0.1) is 11.5 Å². The third-order valence-electron chi connectivity index (χ3n) is 7.75. The molecule has 7 unspecified atom stereocenters. The molecule has 0 radical (unpaired) electrons. The Labute approximate surface area is 139 Å². The van der Waals surface area contributed by atoms with Crippen molar-refractivity contribution in [2.75, 3.05) is 0 Å². The summed E-state index contributed by atoms with van der Waals surface area (Å²) in [6, 6.07) is 0. The van der Waals surface area contributed by atoms with E-state index < -0.39 is 5.60 Å². The van der Waals surface area contributed by atoms with Crippen LogP contribution >= 0.6 is 0 Å². The average Bonchev–Trinajstić information content (AvgIpc) is 2.53. The summed E-state index contributed by atoms with van der Waals surface area (Å²) in [6.45, 7) is 2.21. The lowest BCUT2D eigenvalue weighted by Crippen LogP contribution is -2.66. The van der Waals surface area contributed by atoms with Crippen molar-refractivity contribution in [1.82, 2.24) is 0 Å². The molecular weight excluding hydrogens is 288 g/mol. The van der Waals surface area contributed by atoms with Gasteiger partial charge in [0, 0.05) is 18.8 Å². The number of aliphatic hydroxyl groups is 1. The van der Waals surface area contributed by atoms with E-state index in [9.17, 15) is 14.7 Å². The summed E-state index contributed by atoms with van der Waals surface area (Å²) in [6.07, 6.45) is 9.28. The van der Waals surface area contributed by atoms with Crippen LogP contribution in [-0.4, -0.2) is 22.3 Å². The van der Waals surface area contributed by atoms with E-state index in [1.807, 2.05) is 0 Å². The molecule has 0 amide bonds. The number of carbonyl (C=O) groups is 2. The van der Waals surface area contributed by atoms with Gasteiger partial charge in [-0.3, -0.25) is 9.59 Å². The molecule has 0 saturated heterocycles. The Hall–Kier alpha value is -0.700. The van der Waals surface area contributed by atoms with Gasteiger partial charge < -0.3 is 5.11 Å². The van der Waals surface area contributed by atoms with Crippen molar-refractivity contribution >= 4 is 11.6 Å². The molecule has 7 atom stereocenters. The Morgan fingerprint density at radius 1 is 1.00 bits per heavy atom. The molecule has 0 aromatic heterocycles. The minimum absolute atomic E-state index is 0.0652. The molecule has 3 nitrogen and oxygen atoms in total. The van der Waals surface area contributed by atoms with Gasteiger partial charge in [-0.2, -0.15) is 0 Å². The van der Waals surface area contributed by atoms with Gasteiger partial charge in [-0.15, -0.1) is 0 Å². The van der Waals surface area contributed by atoms with E-state index in [2.05, 4.69) is 6.92 Å². The Balaban J connectivity index is 1.82. The third kappa shape index (κ3) is 2.18. The molecule has 0 aromatic carbocycles. The molecule has 4 aliphatic carbocycles. The van der Waals surface area contributed by atoms with Gasteiger partial charge in [-0.1, -0.05) is 19.8 Å². The van der Waals surface area contributed by atoms with Crippen LogP contribution in [0, 0.1) is 35.5 Å². The van der Waals surface area contributed by atoms with Gasteiger partial charge in [0.2, 0.25) is 0 Å². The Morgan fingerprint density at radius 3 is 2.43 bits per heavy atom. The van der Waals surface area contributed by atoms with Crippen LogP contribution in [0.25, 0.3) is 0 Å². The second kappa shape index (κ2) is 5.68. The highest BCUT2D eigenvalue weighted by Crippen LogP contribution is 2.61. The zero-order valence-electron chi connectivity index (χ0n) is 14.3. The number of rotatable bonds is 1. The van der Waals surface area contributed by atoms with Crippen LogP contribution in [0.5, 0.6) is 0 Å². The fraction of sp³-hybridized carbons (Fsp3) is 0.900. The van der Waals surface area contributed by atoms with Crippen molar-refractivity contribution in [2.24, 2.45) is 35.5 Å². The summed E-state index contributed by atoms with van der Waals surface area (Å²) in [7, 11) is 0. The van der Waals surface area contributed by atoms with Crippen LogP contribution in [0.4, 0.5) is 0 Å². The normalized spacial score (nSPS) is 50.0. The van der Waals surface area contributed by atoms with E-state index >= 15 is 0 Å². The molecule has 4 rings (SSSR count). The lowest BCUT2D eigenvalue weighted by molar-refractivity contribution is -0.210. The maximum atomic E-state index is 12.8. The average molecular weight is 318 g/mol. The second-order valence-electron chi connectivity index (χ2n) is 8.63. The molecule has 0 spiro atoms. The van der Waals surface area contributed by atoms with Gasteiger partial charge >= 0.3 is 0 Å². The molecule has 0 heterocycles. The minimum atomic E-state index is -0.820. The molecular formula is C20H30O3. The van der Waals surface area contributed by atoms with Gasteiger partial charge in [0.25, 0.3) is 0 Å². The smallest absolute Gasteiger partial charge is 0.139 e. The zero-order valence-corrected chi connectivity index (χ0v) is 14.3. The highest BCUT2D eigenvalue weighted by atomic mass is 16.3. The van der Waals surface area contributed by atoms with Gasteiger partial charge in [-0.05, 0) is 62.2 Å². The molecule has 128 valence electrons. The second-order valence-corrected chi connectivity index (χ2v) is 8.63. The van der Waals surface area contributed by atoms with Crippen molar-refractivity contribution in [3.05, 3.63) is 0 Å². The van der Waals surface area contributed by atoms with Crippen molar-refractivity contribution < 1.29 is 14.7 Å². The predicted octanol–water partition coefficient (Wildman–Crippen LogP) is 3.53. The number of Topliss-reactive ketones (excluding diaryl/α,β-unsaturated/α-hetero) is 2. The largest absolute Gasteiger partial charge is 0.389 e. The molecule has 1 N–H and O–H groups in total. The van der Waals surface area contributed by atoms with Crippen molar-refractivity contribution in [3.8, 4) is 0 Å². The van der Waals surface area contributed by atoms with Gasteiger partial charge in [0.1, 0.15) is 11.6 Å². The first-order valence-corrected chi connectivity index (χ1v) is 9.85. The number of fused-ring (bicyclic) bond motifs is 6. The molecule has 0 aromatic rings. The monoisotopic (exact) mass is 318 g/mol. The summed E-state index contributed by atoms with van der Waals surface area (Å²) in [5.41, 5.74) is -0.820. The van der Waals surface area contributed by atoms with Gasteiger partial charge in [-0.25, -0.2) is 0 Å². The Morgan fingerprint density at radius 2 is 1.70 bits per heavy atom. The van der Waals surface area contributed by atoms with Crippen LogP contribution in [0.3, 0.4) is 0 Å². The minimum Gasteiger partial charge on any atom is -0.389 e. The fourth-order valence-electron chi connectivity index (χ4n) is 7.11. The first-order valence-electron chi connectivity index (χ1n) is 9.85. The van der Waals surface area contributed by atoms with Crippen LogP contribution < -0.4 is 0 Å². The van der Waals surface area contributed by atoms with E-state index in [0.29, 0.717) is 30.5 Å². The van der Waals surface area contributed by atoms with Crippen LogP contribution in [0.2, 0.25) is 0 Å². The van der Waals surface area contributed by atoms with Crippen LogP contribution in [0.1, 0.15) is 71.1 Å². The number of hydrogen-bond acceptors (Lipinski definition) is 3. The lowest BCUT2D eigenvalue weighted by atomic mass is 9.44. The highest BCUT2D eigenvalue weighted by molar-refractivity contribution is 5.87. The van der Waals surface area contributed by atoms with Crippen molar-refractivity contribution in [3.63, 3.8) is 0 Å². The van der Waals surface area contributed by atoms with Crippen LogP contribution in [0.15, 0.2) is 0 Å². The topological polar surface area (TPSA) is 54.4 Å². The SMILES string of the molecule is CCC1CCCC2(O)C3C(=O)CCCC3C3C(=O)CCCC3C12. The maximum absolute atomic E-state index is 12.8. The van der Waals surface area contributed by atoms with Crippen molar-refractivity contribution in [1.29, 1.82) is 0 Å². The quantitative estimate of drug-likeness (QED) is 0.804. The predicted molar refractivity (Wildman–Crippen MR) is 87.7 cm³/mol. The molecule has 4 saturated carbocycles. The zero-order chi connectivity index (χ0) is 16.2. The van der Waals surface area contributed by atoms with E-state index in [1.54, 1.807) is 0 Å². The fourth-order valence-corrected chi connectivity index (χ4v) is 7.11. The standard InChI is InChI=1S/C20H30O3/c1-2-12-6-5-11-20(23)18(12)13-7-3-9-15(21)17(13)14-8-4-10-16(22)19(14)20/h12-14,17-19,23H,2-11H2,1H3. The Kier molecular flexibility index (Phi) is 3.91. The molecule has 4 aliphatic rings. The highest BCUT2D eigenvalue weighted by Gasteiger charge is 2.64. The summed E-state index contributed by atoms with van der Waals surface area (Å²) in [4.78, 5) is 25.6. The third-order valence-corrected chi connectivity index (χ3v) is 7.75. The number of carbonyl (C=O) groups excluding carboxylic acids is 2. The first kappa shape index (κ1) is 15.8. The maximum Gasteiger partial charge on any atom is 0.139 e. The summed E-state index contributed by atoms with van der Waals surface area (Å²) < 4.78 is 0. The Bertz CT molecular complexity index is 513. The first-order chi connectivity index (χ1) is 11.1. The summed E-state index contributed by atoms with van der Waals surface area (Å²) in [5, 5.41) is 11.8. The van der Waals surface area contributed by atoms with E-state index in [4.69, 9.17) is 0 Å². The van der Waals surface area contributed by atoms with Gasteiger partial charge in [0.15, 0.2) is 0 Å². The van der Waals surface area contributed by atoms with Crippen molar-refractivity contribution in [2.45, 2.75) is 76.7 Å².